The van der Waals surface area contributed by atoms with Crippen molar-refractivity contribution in [1.82, 2.24) is 9.80 Å². The summed E-state index contributed by atoms with van der Waals surface area (Å²) in [4.78, 5) is 4.07. The zero-order valence-corrected chi connectivity index (χ0v) is 9.86. The maximum absolute atomic E-state index is 7.47. The third-order valence-corrected chi connectivity index (χ3v) is 2.89. The highest BCUT2D eigenvalue weighted by Gasteiger charge is 2.32. The minimum atomic E-state index is 0.0733. The van der Waals surface area contributed by atoms with E-state index in [1.165, 1.54) is 6.42 Å². The van der Waals surface area contributed by atoms with Crippen LogP contribution < -0.4 is 5.73 Å². The van der Waals surface area contributed by atoms with E-state index in [2.05, 4.69) is 4.90 Å². The van der Waals surface area contributed by atoms with Crippen molar-refractivity contribution < 1.29 is 4.74 Å². The van der Waals surface area contributed by atoms with E-state index < -0.39 is 0 Å². The molecule has 1 aliphatic rings. The summed E-state index contributed by atoms with van der Waals surface area (Å²) < 4.78 is 5.60. The quantitative estimate of drug-likeness (QED) is 0.342. The van der Waals surface area contributed by atoms with Crippen molar-refractivity contribution >= 4 is 13.8 Å². The number of hydrogen-bond acceptors (Lipinski definition) is 3. The van der Waals surface area contributed by atoms with Gasteiger partial charge in [-0.2, -0.15) is 0 Å². The average molecular weight is 212 g/mol. The van der Waals surface area contributed by atoms with Gasteiger partial charge in [-0.25, -0.2) is 0 Å². The van der Waals surface area contributed by atoms with Gasteiger partial charge in [-0.15, -0.1) is 0 Å². The number of ether oxygens (including phenoxy) is 1. The molecule has 1 rings (SSSR count). The first kappa shape index (κ1) is 12.3. The van der Waals surface area contributed by atoms with Crippen LogP contribution in [0, 0.1) is 5.41 Å². The fourth-order valence-electron chi connectivity index (χ4n) is 1.95. The zero-order valence-electron chi connectivity index (χ0n) is 9.86. The third kappa shape index (κ3) is 2.85. The van der Waals surface area contributed by atoms with Crippen LogP contribution >= 0.6 is 0 Å². The molecular formula is C9H21BN4O. The van der Waals surface area contributed by atoms with Crippen molar-refractivity contribution in [2.75, 3.05) is 26.7 Å². The second kappa shape index (κ2) is 5.37. The van der Waals surface area contributed by atoms with Gasteiger partial charge in [0, 0.05) is 26.7 Å². The molecule has 0 aromatic rings. The zero-order chi connectivity index (χ0) is 11.4. The topological polar surface area (TPSA) is 65.6 Å². The second-order valence-corrected chi connectivity index (χ2v) is 3.96. The minimum absolute atomic E-state index is 0.0733. The summed E-state index contributed by atoms with van der Waals surface area (Å²) in [7, 11) is 3.88. The number of likely N-dealkylation sites (N-methyl/N-ethyl adjacent to an activating group) is 1. The van der Waals surface area contributed by atoms with Gasteiger partial charge in [0.2, 0.25) is 0 Å². The predicted molar refractivity (Wildman–Crippen MR) is 63.6 cm³/mol. The van der Waals surface area contributed by atoms with Gasteiger partial charge in [-0.1, -0.05) is 0 Å². The Labute approximate surface area is 92.5 Å². The molecule has 1 heterocycles. The second-order valence-electron chi connectivity index (χ2n) is 3.96. The Bertz CT molecular complexity index is 222. The lowest BCUT2D eigenvalue weighted by Gasteiger charge is -2.45. The van der Waals surface area contributed by atoms with Crippen molar-refractivity contribution in [3.8, 4) is 0 Å². The lowest BCUT2D eigenvalue weighted by molar-refractivity contribution is -0.0357. The maximum atomic E-state index is 7.47. The molecule has 86 valence electrons. The number of nitrogens with two attached hydrogens (primary N) is 1. The number of nitrogens with one attached hydrogen (secondary N) is 1. The van der Waals surface area contributed by atoms with Gasteiger partial charge in [-0.05, 0) is 13.3 Å². The van der Waals surface area contributed by atoms with E-state index in [1.807, 2.05) is 21.8 Å². The van der Waals surface area contributed by atoms with Gasteiger partial charge in [0.25, 0.3) is 0 Å². The Morgan fingerprint density at radius 1 is 1.67 bits per heavy atom. The molecule has 0 amide bonds. The number of hydrogen-bond donors (Lipinski definition) is 2. The minimum Gasteiger partial charge on any atom is -0.384 e. The molecule has 0 aromatic carbocycles. The van der Waals surface area contributed by atoms with E-state index in [0.29, 0.717) is 6.61 Å². The highest BCUT2D eigenvalue weighted by Crippen LogP contribution is 2.17. The smallest absolute Gasteiger partial charge is 0.189 e. The van der Waals surface area contributed by atoms with Crippen LogP contribution in [-0.2, 0) is 4.74 Å². The summed E-state index contributed by atoms with van der Waals surface area (Å²) in [5, 5.41) is 7.47. The van der Waals surface area contributed by atoms with Gasteiger partial charge in [0.1, 0.15) is 14.0 Å². The molecule has 0 aromatic heterocycles. The molecule has 5 nitrogen and oxygen atoms in total. The van der Waals surface area contributed by atoms with E-state index in [-0.39, 0.29) is 18.1 Å². The highest BCUT2D eigenvalue weighted by atomic mass is 16.5. The van der Waals surface area contributed by atoms with Crippen molar-refractivity contribution in [2.24, 2.45) is 5.73 Å². The Hall–Kier alpha value is -0.745. The fraction of sp³-hybridized carbons (Fsp3) is 0.889. The van der Waals surface area contributed by atoms with Gasteiger partial charge in [0.15, 0.2) is 5.96 Å². The summed E-state index contributed by atoms with van der Waals surface area (Å²) in [5.74, 6) is 0.0958. The molecule has 0 radical (unpaired) electrons. The predicted octanol–water partition coefficient (Wildman–Crippen LogP) is -1.16. The summed E-state index contributed by atoms with van der Waals surface area (Å²) in [6, 6.07) is 0.0733. The Kier molecular flexibility index (Phi) is 4.41. The molecule has 15 heavy (non-hydrogen) atoms. The molecule has 0 bridgehead atoms. The molecule has 6 heteroatoms. The van der Waals surface area contributed by atoms with Crippen molar-refractivity contribution in [3.63, 3.8) is 0 Å². The first-order valence-corrected chi connectivity index (χ1v) is 5.50. The molecule has 0 spiro atoms. The van der Waals surface area contributed by atoms with Crippen LogP contribution in [-0.4, -0.2) is 62.5 Å². The number of guanidine groups is 1. The molecule has 1 saturated heterocycles. The SMILES string of the molecule is BC(OCC)C(N1CCC1)N(C)C(=N)N. The van der Waals surface area contributed by atoms with E-state index in [4.69, 9.17) is 15.9 Å². The van der Waals surface area contributed by atoms with Crippen LogP contribution in [0.25, 0.3) is 0 Å². The Morgan fingerprint density at radius 2 is 2.27 bits per heavy atom. The first-order chi connectivity index (χ1) is 7.07. The molecule has 0 aliphatic carbocycles. The highest BCUT2D eigenvalue weighted by molar-refractivity contribution is 6.11. The lowest BCUT2D eigenvalue weighted by Crippen LogP contribution is -2.61. The molecule has 1 aliphatic heterocycles. The van der Waals surface area contributed by atoms with E-state index in [9.17, 15) is 0 Å². The van der Waals surface area contributed by atoms with E-state index >= 15 is 0 Å². The van der Waals surface area contributed by atoms with Crippen LogP contribution in [0.4, 0.5) is 0 Å². The average Bonchev–Trinajstić information content (AvgIpc) is 2.09. The van der Waals surface area contributed by atoms with Gasteiger partial charge in [0.05, 0.1) is 6.00 Å². The van der Waals surface area contributed by atoms with E-state index in [0.717, 1.165) is 13.1 Å². The van der Waals surface area contributed by atoms with E-state index in [1.54, 1.807) is 4.90 Å². The molecule has 3 N–H and O–H groups in total. The Morgan fingerprint density at radius 3 is 2.60 bits per heavy atom. The number of nitrogens with zero attached hydrogens (tertiary/aromatic N) is 2. The lowest BCUT2D eigenvalue weighted by atomic mass is 9.93. The van der Waals surface area contributed by atoms with Crippen LogP contribution in [0.15, 0.2) is 0 Å². The summed E-state index contributed by atoms with van der Waals surface area (Å²) in [6.45, 7) is 4.81. The summed E-state index contributed by atoms with van der Waals surface area (Å²) in [5.41, 5.74) is 5.51. The standard InChI is InChI=1S/C9H21BN4O/c1-3-15-7(10)8(13(2)9(11)12)14-5-4-6-14/h7-8H,3-6,10H2,1-2H3,(H3,11,12). The molecule has 2 unspecified atom stereocenters. The third-order valence-electron chi connectivity index (χ3n) is 2.89. The van der Waals surface area contributed by atoms with Crippen LogP contribution in [0.3, 0.4) is 0 Å². The fourth-order valence-corrected chi connectivity index (χ4v) is 1.95. The number of rotatable bonds is 5. The molecule has 0 saturated carbocycles. The van der Waals surface area contributed by atoms with Gasteiger partial charge in [-0.3, -0.25) is 10.3 Å². The van der Waals surface area contributed by atoms with Gasteiger partial charge >= 0.3 is 0 Å². The van der Waals surface area contributed by atoms with Crippen molar-refractivity contribution in [1.29, 1.82) is 5.41 Å². The molecular weight excluding hydrogens is 191 g/mol. The number of likely N-dealkylation sites (tertiary alicyclic amines) is 1. The van der Waals surface area contributed by atoms with Crippen molar-refractivity contribution in [2.45, 2.75) is 25.5 Å². The Balaban J connectivity index is 2.63. The van der Waals surface area contributed by atoms with Crippen LogP contribution in [0.1, 0.15) is 13.3 Å². The molecule has 2 atom stereocenters. The largest absolute Gasteiger partial charge is 0.384 e. The summed E-state index contributed by atoms with van der Waals surface area (Å²) in [6.07, 6.45) is 1.32. The maximum Gasteiger partial charge on any atom is 0.189 e. The normalized spacial score (nSPS) is 20.4. The first-order valence-electron chi connectivity index (χ1n) is 5.50. The monoisotopic (exact) mass is 212 g/mol. The van der Waals surface area contributed by atoms with Crippen LogP contribution in [0.2, 0.25) is 0 Å². The summed E-state index contributed by atoms with van der Waals surface area (Å²) >= 11 is 0. The van der Waals surface area contributed by atoms with Gasteiger partial charge < -0.3 is 15.4 Å². The van der Waals surface area contributed by atoms with Crippen LogP contribution in [0.5, 0.6) is 0 Å². The molecule has 1 fully saturated rings. The van der Waals surface area contributed by atoms with Crippen molar-refractivity contribution in [3.05, 3.63) is 0 Å².